The molecule has 2 N–H and O–H groups in total. The van der Waals surface area contributed by atoms with Gasteiger partial charge in [-0.2, -0.15) is 5.26 Å². The van der Waals surface area contributed by atoms with Crippen molar-refractivity contribution >= 4 is 5.91 Å². The smallest absolute Gasteiger partial charge is 0.227 e. The van der Waals surface area contributed by atoms with Crippen LogP contribution in [0.2, 0.25) is 0 Å². The summed E-state index contributed by atoms with van der Waals surface area (Å²) in [4.78, 5) is 14.2. The Morgan fingerprint density at radius 2 is 2.05 bits per heavy atom. The van der Waals surface area contributed by atoms with Crippen molar-refractivity contribution in [3.8, 4) is 6.07 Å². The van der Waals surface area contributed by atoms with Crippen LogP contribution >= 0.6 is 0 Å². The number of hydrogen-bond acceptors (Lipinski definition) is 4. The van der Waals surface area contributed by atoms with Gasteiger partial charge in [0.2, 0.25) is 5.91 Å². The highest BCUT2D eigenvalue weighted by Crippen LogP contribution is 2.21. The highest BCUT2D eigenvalue weighted by molar-refractivity contribution is 5.79. The highest BCUT2D eigenvalue weighted by Gasteiger charge is 2.26. The number of rotatable bonds is 8. The largest absolute Gasteiger partial charge is 0.383 e. The van der Waals surface area contributed by atoms with Gasteiger partial charge in [-0.25, -0.2) is 0 Å². The van der Waals surface area contributed by atoms with Gasteiger partial charge in [0, 0.05) is 26.2 Å². The van der Waals surface area contributed by atoms with Crippen LogP contribution in [0, 0.1) is 17.2 Å². The Hall–Kier alpha value is -1.90. The molecular formula is C16H23N3O2. The van der Waals surface area contributed by atoms with Crippen LogP contribution in [-0.4, -0.2) is 37.6 Å². The van der Waals surface area contributed by atoms with E-state index >= 15 is 0 Å². The van der Waals surface area contributed by atoms with Crippen LogP contribution in [0.15, 0.2) is 30.3 Å². The van der Waals surface area contributed by atoms with Crippen molar-refractivity contribution in [1.29, 1.82) is 5.26 Å². The molecule has 2 unspecified atom stereocenters. The van der Waals surface area contributed by atoms with Gasteiger partial charge >= 0.3 is 0 Å². The van der Waals surface area contributed by atoms with Crippen LogP contribution in [0.4, 0.5) is 0 Å². The lowest BCUT2D eigenvalue weighted by atomic mass is 9.94. The van der Waals surface area contributed by atoms with E-state index < -0.39 is 0 Å². The number of amides is 1. The van der Waals surface area contributed by atoms with Gasteiger partial charge in [0.05, 0.1) is 25.0 Å². The first-order valence-electron chi connectivity index (χ1n) is 7.07. The topological polar surface area (TPSA) is 79.3 Å². The average molecular weight is 289 g/mol. The molecule has 1 amide bonds. The molecule has 1 aromatic carbocycles. The van der Waals surface area contributed by atoms with E-state index in [9.17, 15) is 4.79 Å². The fraction of sp³-hybridized carbons (Fsp3) is 0.500. The van der Waals surface area contributed by atoms with Gasteiger partial charge in [0.25, 0.3) is 0 Å². The van der Waals surface area contributed by atoms with Crippen molar-refractivity contribution in [2.45, 2.75) is 19.4 Å². The summed E-state index contributed by atoms with van der Waals surface area (Å²) >= 11 is 0. The zero-order valence-corrected chi connectivity index (χ0v) is 12.7. The maximum absolute atomic E-state index is 12.6. The molecule has 0 aliphatic carbocycles. The summed E-state index contributed by atoms with van der Waals surface area (Å²) in [5.74, 6) is -0.387. The first-order valence-corrected chi connectivity index (χ1v) is 7.07. The number of methoxy groups -OCH3 is 1. The normalized spacial score (nSPS) is 13.2. The van der Waals surface area contributed by atoms with Crippen molar-refractivity contribution in [2.24, 2.45) is 11.7 Å². The molecule has 0 bridgehead atoms. The van der Waals surface area contributed by atoms with Crippen LogP contribution in [0.1, 0.15) is 24.9 Å². The quantitative estimate of drug-likeness (QED) is 0.790. The zero-order chi connectivity index (χ0) is 15.7. The number of carbonyl (C=O) groups excluding carboxylic acids is 1. The molecule has 5 nitrogen and oxygen atoms in total. The molecular weight excluding hydrogens is 266 g/mol. The minimum atomic E-state index is -0.356. The van der Waals surface area contributed by atoms with Gasteiger partial charge < -0.3 is 15.4 Å². The molecule has 0 radical (unpaired) electrons. The number of hydrogen-bond donors (Lipinski definition) is 1. The predicted molar refractivity (Wildman–Crippen MR) is 81.2 cm³/mol. The highest BCUT2D eigenvalue weighted by atomic mass is 16.5. The van der Waals surface area contributed by atoms with E-state index in [1.165, 1.54) is 0 Å². The summed E-state index contributed by atoms with van der Waals surface area (Å²) in [6.45, 7) is 3.16. The summed E-state index contributed by atoms with van der Waals surface area (Å²) in [7, 11) is 1.59. The molecule has 114 valence electrons. The second-order valence-electron chi connectivity index (χ2n) is 4.95. The molecule has 21 heavy (non-hydrogen) atoms. The van der Waals surface area contributed by atoms with E-state index in [1.54, 1.807) is 12.0 Å². The Morgan fingerprint density at radius 3 is 2.62 bits per heavy atom. The lowest BCUT2D eigenvalue weighted by molar-refractivity contribution is -0.136. The van der Waals surface area contributed by atoms with Crippen LogP contribution in [-0.2, 0) is 9.53 Å². The Balaban J connectivity index is 2.74. The molecule has 0 aliphatic heterocycles. The Bertz CT molecular complexity index is 470. The van der Waals surface area contributed by atoms with E-state index in [-0.39, 0.29) is 17.9 Å². The second-order valence-corrected chi connectivity index (χ2v) is 4.95. The Morgan fingerprint density at radius 1 is 1.38 bits per heavy atom. The third-order valence-corrected chi connectivity index (χ3v) is 3.48. The maximum Gasteiger partial charge on any atom is 0.227 e. The number of benzene rings is 1. The van der Waals surface area contributed by atoms with E-state index in [0.29, 0.717) is 26.1 Å². The average Bonchev–Trinajstić information content (AvgIpc) is 2.54. The number of nitrogens with two attached hydrogens (primary N) is 1. The zero-order valence-electron chi connectivity index (χ0n) is 12.7. The standard InChI is InChI=1S/C16H23N3O2/c1-13(15(18)14-7-4-3-5-8-14)16(20)19(10-6-9-17)11-12-21-2/h3-5,7-8,13,15H,6,10-12,18H2,1-2H3. The van der Waals surface area contributed by atoms with E-state index in [2.05, 4.69) is 6.07 Å². The van der Waals surface area contributed by atoms with E-state index in [1.807, 2.05) is 37.3 Å². The number of carbonyl (C=O) groups is 1. The molecule has 0 heterocycles. The SMILES string of the molecule is COCCN(CCC#N)C(=O)C(C)C(N)c1ccccc1. The van der Waals surface area contributed by atoms with Crippen molar-refractivity contribution in [3.63, 3.8) is 0 Å². The monoisotopic (exact) mass is 289 g/mol. The lowest BCUT2D eigenvalue weighted by Crippen LogP contribution is -2.41. The van der Waals surface area contributed by atoms with Crippen molar-refractivity contribution in [3.05, 3.63) is 35.9 Å². The Kier molecular flexibility index (Phi) is 7.44. The molecule has 0 aromatic heterocycles. The minimum Gasteiger partial charge on any atom is -0.383 e. The summed E-state index contributed by atoms with van der Waals surface area (Å²) < 4.78 is 5.02. The lowest BCUT2D eigenvalue weighted by Gasteiger charge is -2.28. The van der Waals surface area contributed by atoms with Crippen molar-refractivity contribution < 1.29 is 9.53 Å². The van der Waals surface area contributed by atoms with Gasteiger partial charge in [-0.1, -0.05) is 37.3 Å². The minimum absolute atomic E-state index is 0.0429. The van der Waals surface area contributed by atoms with Crippen LogP contribution < -0.4 is 5.73 Å². The molecule has 1 aromatic rings. The fourth-order valence-corrected chi connectivity index (χ4v) is 2.12. The number of nitriles is 1. The first-order chi connectivity index (χ1) is 10.1. The van der Waals surface area contributed by atoms with Gasteiger partial charge in [0.1, 0.15) is 0 Å². The summed E-state index contributed by atoms with van der Waals surface area (Å²) in [6.07, 6.45) is 0.308. The fourth-order valence-electron chi connectivity index (χ4n) is 2.12. The van der Waals surface area contributed by atoms with Crippen LogP contribution in [0.5, 0.6) is 0 Å². The van der Waals surface area contributed by atoms with Gasteiger partial charge in [-0.3, -0.25) is 4.79 Å². The Labute approximate surface area is 126 Å². The summed E-state index contributed by atoms with van der Waals surface area (Å²) in [5, 5.41) is 8.70. The third-order valence-electron chi connectivity index (χ3n) is 3.48. The molecule has 2 atom stereocenters. The van der Waals surface area contributed by atoms with Crippen molar-refractivity contribution in [1.82, 2.24) is 4.90 Å². The molecule has 0 aliphatic rings. The molecule has 5 heteroatoms. The summed E-state index contributed by atoms with van der Waals surface area (Å²) in [5.41, 5.74) is 7.13. The maximum atomic E-state index is 12.6. The molecule has 1 rings (SSSR count). The van der Waals surface area contributed by atoms with E-state index in [4.69, 9.17) is 15.7 Å². The molecule has 0 saturated carbocycles. The molecule has 0 spiro atoms. The number of ether oxygens (including phenoxy) is 1. The van der Waals surface area contributed by atoms with Crippen LogP contribution in [0.3, 0.4) is 0 Å². The first kappa shape index (κ1) is 17.2. The molecule has 0 fully saturated rings. The third kappa shape index (κ3) is 5.18. The second kappa shape index (κ2) is 9.11. The van der Waals surface area contributed by atoms with E-state index in [0.717, 1.165) is 5.56 Å². The number of nitrogens with zero attached hydrogens (tertiary/aromatic N) is 2. The van der Waals surface area contributed by atoms with Gasteiger partial charge in [-0.15, -0.1) is 0 Å². The van der Waals surface area contributed by atoms with Crippen LogP contribution in [0.25, 0.3) is 0 Å². The summed E-state index contributed by atoms with van der Waals surface area (Å²) in [6, 6.07) is 11.3. The molecule has 0 saturated heterocycles. The van der Waals surface area contributed by atoms with Gasteiger partial charge in [0.15, 0.2) is 0 Å². The van der Waals surface area contributed by atoms with Gasteiger partial charge in [-0.05, 0) is 5.56 Å². The predicted octanol–water partition coefficient (Wildman–Crippen LogP) is 1.71. The van der Waals surface area contributed by atoms with Crippen molar-refractivity contribution in [2.75, 3.05) is 26.8 Å².